The van der Waals surface area contributed by atoms with Crippen molar-refractivity contribution in [3.63, 3.8) is 0 Å². The van der Waals surface area contributed by atoms with Gasteiger partial charge in [0.15, 0.2) is 0 Å². The van der Waals surface area contributed by atoms with Gasteiger partial charge in [-0.05, 0) is 49.3 Å². The van der Waals surface area contributed by atoms with Crippen LogP contribution in [-0.2, 0) is 16.1 Å². The van der Waals surface area contributed by atoms with Crippen LogP contribution in [0.1, 0.15) is 36.1 Å². The van der Waals surface area contributed by atoms with Crippen LogP contribution in [0.5, 0.6) is 0 Å². The standard InChI is InChI=1S/C18H20Cl2F2O2/c1-8-11(9(2)16(22)10(3)15(8)21)7-24-17(23)14-12(6-13(19)20)18(14,4)5/h6,12,14H,7H2,1-5H3. The minimum absolute atomic E-state index is 0.0228. The molecule has 0 heterocycles. The quantitative estimate of drug-likeness (QED) is 0.646. The molecule has 2 nitrogen and oxygen atoms in total. The van der Waals surface area contributed by atoms with E-state index in [0.29, 0.717) is 16.7 Å². The van der Waals surface area contributed by atoms with Crippen molar-refractivity contribution >= 4 is 29.2 Å². The van der Waals surface area contributed by atoms with Gasteiger partial charge in [0.1, 0.15) is 22.7 Å². The molecule has 2 atom stereocenters. The van der Waals surface area contributed by atoms with Crippen LogP contribution in [-0.4, -0.2) is 5.97 Å². The molecular formula is C18H20Cl2F2O2. The summed E-state index contributed by atoms with van der Waals surface area (Å²) in [4.78, 5) is 12.3. The third kappa shape index (κ3) is 3.31. The molecule has 0 radical (unpaired) electrons. The largest absolute Gasteiger partial charge is 0.461 e. The average Bonchev–Trinajstić information content (AvgIpc) is 3.02. The maximum atomic E-state index is 14.0. The number of hydrogen-bond donors (Lipinski definition) is 0. The molecule has 2 rings (SSSR count). The maximum Gasteiger partial charge on any atom is 0.310 e. The fraction of sp³-hybridized carbons (Fsp3) is 0.500. The highest BCUT2D eigenvalue weighted by molar-refractivity contribution is 6.55. The smallest absolute Gasteiger partial charge is 0.310 e. The van der Waals surface area contributed by atoms with Crippen molar-refractivity contribution < 1.29 is 18.3 Å². The molecule has 1 fully saturated rings. The van der Waals surface area contributed by atoms with Crippen LogP contribution in [0.3, 0.4) is 0 Å². The molecule has 6 heteroatoms. The maximum absolute atomic E-state index is 14.0. The molecule has 0 N–H and O–H groups in total. The number of allylic oxidation sites excluding steroid dienone is 1. The number of benzene rings is 1. The molecule has 1 aromatic rings. The van der Waals surface area contributed by atoms with Gasteiger partial charge in [0, 0.05) is 11.1 Å². The summed E-state index contributed by atoms with van der Waals surface area (Å²) in [7, 11) is 0. The lowest BCUT2D eigenvalue weighted by Gasteiger charge is -2.15. The van der Waals surface area contributed by atoms with E-state index in [1.807, 2.05) is 13.8 Å². The number of carbonyl (C=O) groups excluding carboxylic acids is 1. The van der Waals surface area contributed by atoms with Gasteiger partial charge in [0.05, 0.1) is 5.92 Å². The fourth-order valence-electron chi connectivity index (χ4n) is 3.23. The molecule has 0 saturated heterocycles. The molecule has 0 bridgehead atoms. The van der Waals surface area contributed by atoms with E-state index < -0.39 is 17.6 Å². The SMILES string of the molecule is Cc1c(F)c(C)c(COC(=O)C2C(C=C(Cl)Cl)C2(C)C)c(C)c1F. The molecule has 0 spiro atoms. The Morgan fingerprint density at radius 2 is 1.62 bits per heavy atom. The van der Waals surface area contributed by atoms with Crippen molar-refractivity contribution in [3.05, 3.63) is 44.5 Å². The first-order valence-electron chi connectivity index (χ1n) is 7.63. The van der Waals surface area contributed by atoms with Gasteiger partial charge in [0.25, 0.3) is 0 Å². The molecule has 0 aromatic heterocycles. The Bertz CT molecular complexity index is 693. The predicted octanol–water partition coefficient (Wildman–Crippen LogP) is 5.52. The molecule has 1 aliphatic carbocycles. The zero-order chi connectivity index (χ0) is 18.4. The Morgan fingerprint density at radius 1 is 1.12 bits per heavy atom. The van der Waals surface area contributed by atoms with E-state index in [-0.39, 0.29) is 33.9 Å². The summed E-state index contributed by atoms with van der Waals surface area (Å²) in [6.45, 7) is 8.16. The summed E-state index contributed by atoms with van der Waals surface area (Å²) in [5.74, 6) is -2.11. The van der Waals surface area contributed by atoms with Crippen LogP contribution in [0.2, 0.25) is 0 Å². The molecular weight excluding hydrogens is 357 g/mol. The van der Waals surface area contributed by atoms with Gasteiger partial charge >= 0.3 is 5.97 Å². The van der Waals surface area contributed by atoms with E-state index in [1.54, 1.807) is 19.9 Å². The number of rotatable bonds is 4. The van der Waals surface area contributed by atoms with Crippen molar-refractivity contribution in [3.8, 4) is 0 Å². The molecule has 1 aromatic carbocycles. The summed E-state index contributed by atoms with van der Waals surface area (Å²) in [5, 5.41) is 0. The normalized spacial score (nSPS) is 21.4. The topological polar surface area (TPSA) is 26.3 Å². The second-order valence-electron chi connectivity index (χ2n) is 6.87. The third-order valence-electron chi connectivity index (χ3n) is 5.05. The Balaban J connectivity index is 2.16. The van der Waals surface area contributed by atoms with E-state index in [0.717, 1.165) is 0 Å². The first-order valence-corrected chi connectivity index (χ1v) is 8.38. The summed E-state index contributed by atoms with van der Waals surface area (Å²) >= 11 is 11.3. The van der Waals surface area contributed by atoms with Gasteiger partial charge in [0.2, 0.25) is 0 Å². The minimum atomic E-state index is -0.606. The molecule has 1 aliphatic rings. The third-order valence-corrected chi connectivity index (χ3v) is 5.30. The summed E-state index contributed by atoms with van der Waals surface area (Å²) in [5.41, 5.74) is 0.638. The van der Waals surface area contributed by atoms with Gasteiger partial charge in [-0.2, -0.15) is 0 Å². The lowest BCUT2D eigenvalue weighted by atomic mass is 9.98. The van der Waals surface area contributed by atoms with Crippen LogP contribution in [0, 0.1) is 49.7 Å². The van der Waals surface area contributed by atoms with E-state index in [9.17, 15) is 13.6 Å². The van der Waals surface area contributed by atoms with Crippen LogP contribution in [0.4, 0.5) is 8.78 Å². The van der Waals surface area contributed by atoms with Crippen LogP contribution in [0.15, 0.2) is 10.6 Å². The zero-order valence-electron chi connectivity index (χ0n) is 14.3. The second-order valence-corrected chi connectivity index (χ2v) is 7.88. The summed E-state index contributed by atoms with van der Waals surface area (Å²) in [6.07, 6.45) is 1.62. The Morgan fingerprint density at radius 3 is 2.08 bits per heavy atom. The van der Waals surface area contributed by atoms with Crippen molar-refractivity contribution in [1.82, 2.24) is 0 Å². The van der Waals surface area contributed by atoms with Crippen molar-refractivity contribution in [2.24, 2.45) is 17.3 Å². The molecule has 132 valence electrons. The highest BCUT2D eigenvalue weighted by atomic mass is 35.5. The minimum Gasteiger partial charge on any atom is -0.461 e. The summed E-state index contributed by atoms with van der Waals surface area (Å²) in [6, 6.07) is 0. The highest BCUT2D eigenvalue weighted by Gasteiger charge is 2.61. The van der Waals surface area contributed by atoms with E-state index in [1.165, 1.54) is 6.92 Å². The Kier molecular flexibility index (Phi) is 5.31. The Hall–Kier alpha value is -1.13. The van der Waals surface area contributed by atoms with Crippen LogP contribution < -0.4 is 0 Å². The molecule has 24 heavy (non-hydrogen) atoms. The van der Waals surface area contributed by atoms with Crippen LogP contribution >= 0.6 is 23.2 Å². The van der Waals surface area contributed by atoms with Crippen LogP contribution in [0.25, 0.3) is 0 Å². The van der Waals surface area contributed by atoms with Gasteiger partial charge in [-0.15, -0.1) is 0 Å². The van der Waals surface area contributed by atoms with Crippen molar-refractivity contribution in [1.29, 1.82) is 0 Å². The first kappa shape index (κ1) is 19.2. The number of esters is 1. The van der Waals surface area contributed by atoms with E-state index >= 15 is 0 Å². The van der Waals surface area contributed by atoms with Crippen molar-refractivity contribution in [2.45, 2.75) is 41.2 Å². The van der Waals surface area contributed by atoms with Gasteiger partial charge in [-0.1, -0.05) is 37.0 Å². The zero-order valence-corrected chi connectivity index (χ0v) is 15.8. The molecule has 0 amide bonds. The second kappa shape index (κ2) is 6.64. The average molecular weight is 377 g/mol. The number of hydrogen-bond acceptors (Lipinski definition) is 2. The van der Waals surface area contributed by atoms with Gasteiger partial charge < -0.3 is 4.74 Å². The number of carbonyl (C=O) groups is 1. The van der Waals surface area contributed by atoms with Crippen molar-refractivity contribution in [2.75, 3.05) is 0 Å². The monoisotopic (exact) mass is 376 g/mol. The number of halogens is 4. The number of ether oxygens (including phenoxy) is 1. The lowest BCUT2D eigenvalue weighted by molar-refractivity contribution is -0.147. The molecule has 1 saturated carbocycles. The predicted molar refractivity (Wildman–Crippen MR) is 90.9 cm³/mol. The first-order chi connectivity index (χ1) is 11.0. The Labute approximate surface area is 150 Å². The van der Waals surface area contributed by atoms with Gasteiger partial charge in [-0.3, -0.25) is 4.79 Å². The van der Waals surface area contributed by atoms with Gasteiger partial charge in [-0.25, -0.2) is 8.78 Å². The van der Waals surface area contributed by atoms with E-state index in [4.69, 9.17) is 27.9 Å². The summed E-state index contributed by atoms with van der Waals surface area (Å²) < 4.78 is 33.5. The molecule has 2 unspecified atom stereocenters. The fourth-order valence-corrected chi connectivity index (χ4v) is 3.50. The highest BCUT2D eigenvalue weighted by Crippen LogP contribution is 2.60. The lowest BCUT2D eigenvalue weighted by Crippen LogP contribution is -2.13. The van der Waals surface area contributed by atoms with E-state index in [2.05, 4.69) is 0 Å². The molecule has 0 aliphatic heterocycles.